The molecule has 0 saturated carbocycles. The maximum Gasteiger partial charge on any atom is 0.136 e. The molecular weight excluding hydrogens is 448 g/mol. The number of nitrogens with zero attached hydrogens (tertiary/aromatic N) is 4. The van der Waals surface area contributed by atoms with Crippen LogP contribution in [0.4, 0.5) is 5.82 Å². The van der Waals surface area contributed by atoms with E-state index in [1.54, 1.807) is 17.7 Å². The molecule has 0 bridgehead atoms. The van der Waals surface area contributed by atoms with Crippen LogP contribution in [0.5, 0.6) is 0 Å². The molecule has 0 atom stereocenters. The first-order valence-electron chi connectivity index (χ1n) is 12.7. The third-order valence-corrected chi connectivity index (χ3v) is 9.20. The van der Waals surface area contributed by atoms with Crippen LogP contribution in [0.15, 0.2) is 11.4 Å². The number of ether oxygens (including phenoxy) is 1. The fourth-order valence-corrected chi connectivity index (χ4v) is 7.34. The Morgan fingerprint density at radius 3 is 2.67 bits per heavy atom. The fourth-order valence-electron chi connectivity index (χ4n) is 5.11. The molecule has 0 radical (unpaired) electrons. The predicted molar refractivity (Wildman–Crippen MR) is 141 cm³/mol. The van der Waals surface area contributed by atoms with E-state index in [0.29, 0.717) is 6.61 Å². The van der Waals surface area contributed by atoms with Crippen molar-refractivity contribution in [1.29, 1.82) is 0 Å². The van der Waals surface area contributed by atoms with E-state index in [4.69, 9.17) is 14.7 Å². The van der Waals surface area contributed by atoms with Gasteiger partial charge in [0.25, 0.3) is 0 Å². The predicted octanol–water partition coefficient (Wildman–Crippen LogP) is 7.14. The number of unbranched alkanes of at least 4 members (excludes halogenated alkanes) is 5. The van der Waals surface area contributed by atoms with Gasteiger partial charge in [0.15, 0.2) is 0 Å². The Morgan fingerprint density at radius 2 is 1.85 bits per heavy atom. The van der Waals surface area contributed by atoms with Gasteiger partial charge in [-0.3, -0.25) is 0 Å². The molecular formula is C26H36N4OS2. The minimum atomic E-state index is -0.166. The van der Waals surface area contributed by atoms with Crippen molar-refractivity contribution in [3.63, 3.8) is 0 Å². The molecule has 5 rings (SSSR count). The molecule has 1 fully saturated rings. The second-order valence-electron chi connectivity index (χ2n) is 10.1. The van der Waals surface area contributed by atoms with E-state index in [2.05, 4.69) is 30.7 Å². The molecule has 0 unspecified atom stereocenters. The highest BCUT2D eigenvalue weighted by atomic mass is 32.2. The number of fused-ring (bicyclic) bond motifs is 5. The lowest BCUT2D eigenvalue weighted by molar-refractivity contribution is -0.0395. The summed E-state index contributed by atoms with van der Waals surface area (Å²) in [5.41, 5.74) is 3.60. The van der Waals surface area contributed by atoms with Crippen LogP contribution >= 0.6 is 23.1 Å². The molecule has 7 heteroatoms. The molecule has 178 valence electrons. The van der Waals surface area contributed by atoms with Gasteiger partial charge in [-0.2, -0.15) is 0 Å². The monoisotopic (exact) mass is 484 g/mol. The minimum absolute atomic E-state index is 0.166. The van der Waals surface area contributed by atoms with Gasteiger partial charge in [0.2, 0.25) is 0 Å². The van der Waals surface area contributed by atoms with Crippen molar-refractivity contribution in [3.05, 3.63) is 17.5 Å². The van der Waals surface area contributed by atoms with Gasteiger partial charge in [-0.1, -0.05) is 39.0 Å². The van der Waals surface area contributed by atoms with Gasteiger partial charge in [-0.05, 0) is 44.4 Å². The molecule has 0 amide bonds. The molecule has 2 aliphatic rings. The van der Waals surface area contributed by atoms with Crippen molar-refractivity contribution < 1.29 is 4.74 Å². The lowest BCUT2D eigenvalue weighted by atomic mass is 9.90. The first-order chi connectivity index (χ1) is 16.1. The van der Waals surface area contributed by atoms with Crippen LogP contribution in [0, 0.1) is 0 Å². The van der Waals surface area contributed by atoms with Crippen molar-refractivity contribution >= 4 is 49.3 Å². The van der Waals surface area contributed by atoms with Crippen LogP contribution in [0.3, 0.4) is 0 Å². The molecule has 3 aromatic heterocycles. The lowest BCUT2D eigenvalue weighted by Gasteiger charge is -2.34. The largest absolute Gasteiger partial charge is 0.370 e. The van der Waals surface area contributed by atoms with Crippen LogP contribution in [-0.2, 0) is 17.8 Å². The van der Waals surface area contributed by atoms with Gasteiger partial charge in [0, 0.05) is 30.5 Å². The quantitative estimate of drug-likeness (QED) is 0.183. The van der Waals surface area contributed by atoms with Crippen LogP contribution in [0.25, 0.3) is 20.4 Å². The third-order valence-electron chi connectivity index (χ3n) is 6.92. The van der Waals surface area contributed by atoms with Crippen LogP contribution < -0.4 is 4.90 Å². The zero-order valence-corrected chi connectivity index (χ0v) is 21.9. The van der Waals surface area contributed by atoms with E-state index in [-0.39, 0.29) is 5.60 Å². The van der Waals surface area contributed by atoms with E-state index in [1.807, 2.05) is 11.8 Å². The summed E-state index contributed by atoms with van der Waals surface area (Å²) in [6, 6.07) is 0. The highest BCUT2D eigenvalue weighted by molar-refractivity contribution is 7.99. The molecule has 33 heavy (non-hydrogen) atoms. The molecule has 0 aromatic carbocycles. The number of anilines is 1. The Morgan fingerprint density at radius 1 is 1.06 bits per heavy atom. The number of hydrogen-bond donors (Lipinski definition) is 0. The second kappa shape index (κ2) is 10.0. The van der Waals surface area contributed by atoms with E-state index in [9.17, 15) is 0 Å². The van der Waals surface area contributed by atoms with Crippen molar-refractivity contribution in [2.75, 3.05) is 23.7 Å². The molecule has 0 aliphatic carbocycles. The Hall–Kier alpha value is -1.44. The maximum absolute atomic E-state index is 6.25. The SMILES string of the molecule is CCCCCCCCSc1ncnc2c1sc1nc(N3CCCC3)c3c(c12)CC(C)(C)OC3. The van der Waals surface area contributed by atoms with Crippen LogP contribution in [0.2, 0.25) is 0 Å². The smallest absolute Gasteiger partial charge is 0.136 e. The molecule has 5 nitrogen and oxygen atoms in total. The van der Waals surface area contributed by atoms with Gasteiger partial charge in [0.1, 0.15) is 22.0 Å². The molecule has 0 N–H and O–H groups in total. The third kappa shape index (κ3) is 4.87. The highest BCUT2D eigenvalue weighted by Gasteiger charge is 2.33. The van der Waals surface area contributed by atoms with Crippen molar-refractivity contribution in [2.45, 2.75) is 95.8 Å². The normalized spacial score (nSPS) is 17.8. The minimum Gasteiger partial charge on any atom is -0.370 e. The Labute approximate surface area is 205 Å². The van der Waals surface area contributed by atoms with Crippen molar-refractivity contribution in [1.82, 2.24) is 15.0 Å². The van der Waals surface area contributed by atoms with Gasteiger partial charge in [-0.15, -0.1) is 23.1 Å². The zero-order chi connectivity index (χ0) is 22.8. The summed E-state index contributed by atoms with van der Waals surface area (Å²) < 4.78 is 7.46. The van der Waals surface area contributed by atoms with E-state index < -0.39 is 0 Å². The number of thiophene rings is 1. The first-order valence-corrected chi connectivity index (χ1v) is 14.5. The van der Waals surface area contributed by atoms with E-state index in [0.717, 1.165) is 46.5 Å². The Bertz CT molecular complexity index is 1120. The van der Waals surface area contributed by atoms with Gasteiger partial charge < -0.3 is 9.64 Å². The van der Waals surface area contributed by atoms with Crippen LogP contribution in [-0.4, -0.2) is 39.4 Å². The number of rotatable bonds is 9. The summed E-state index contributed by atoms with van der Waals surface area (Å²) in [5, 5.41) is 2.37. The van der Waals surface area contributed by atoms with Gasteiger partial charge in [0.05, 0.1) is 22.4 Å². The lowest BCUT2D eigenvalue weighted by Crippen LogP contribution is -2.33. The number of thioether (sulfide) groups is 1. The average Bonchev–Trinajstić information content (AvgIpc) is 3.45. The number of pyridine rings is 1. The molecule has 0 spiro atoms. The summed E-state index contributed by atoms with van der Waals surface area (Å²) >= 11 is 3.68. The number of aromatic nitrogens is 3. The zero-order valence-electron chi connectivity index (χ0n) is 20.3. The van der Waals surface area contributed by atoms with Crippen molar-refractivity contribution in [3.8, 4) is 0 Å². The summed E-state index contributed by atoms with van der Waals surface area (Å²) in [6.07, 6.45) is 13.1. The average molecular weight is 485 g/mol. The summed E-state index contributed by atoms with van der Waals surface area (Å²) in [5.74, 6) is 2.27. The molecule has 1 saturated heterocycles. The van der Waals surface area contributed by atoms with Gasteiger partial charge in [-0.25, -0.2) is 15.0 Å². The standard InChI is InChI=1S/C26H36N4OS2/c1-4-5-6-7-8-11-14-32-25-22-21(27-17-28-25)20-18-15-26(2,3)31-16-19(18)23(29-24(20)33-22)30-12-9-10-13-30/h17H,4-16H2,1-3H3. The van der Waals surface area contributed by atoms with Crippen molar-refractivity contribution in [2.24, 2.45) is 0 Å². The molecule has 2 aliphatic heterocycles. The van der Waals surface area contributed by atoms with Gasteiger partial charge >= 0.3 is 0 Å². The van der Waals surface area contributed by atoms with E-state index >= 15 is 0 Å². The summed E-state index contributed by atoms with van der Waals surface area (Å²) in [4.78, 5) is 18.3. The number of hydrogen-bond acceptors (Lipinski definition) is 7. The van der Waals surface area contributed by atoms with E-state index in [1.165, 1.54) is 72.6 Å². The van der Waals surface area contributed by atoms with Crippen LogP contribution in [0.1, 0.15) is 83.3 Å². The topological polar surface area (TPSA) is 51.1 Å². The first kappa shape index (κ1) is 23.3. The molecule has 3 aromatic rings. The Kier molecular flexibility index (Phi) is 7.09. The Balaban J connectivity index is 1.49. The molecule has 5 heterocycles. The summed E-state index contributed by atoms with van der Waals surface area (Å²) in [7, 11) is 0. The summed E-state index contributed by atoms with van der Waals surface area (Å²) in [6.45, 7) is 9.50. The maximum atomic E-state index is 6.25. The highest BCUT2D eigenvalue weighted by Crippen LogP contribution is 2.44. The fraction of sp³-hybridized carbons (Fsp3) is 0.654. The second-order valence-corrected chi connectivity index (χ2v) is 12.1.